The van der Waals surface area contributed by atoms with Crippen molar-refractivity contribution in [2.45, 2.75) is 25.8 Å². The van der Waals surface area contributed by atoms with Crippen LogP contribution in [0, 0.1) is 11.3 Å². The highest BCUT2D eigenvalue weighted by molar-refractivity contribution is 5.25. The van der Waals surface area contributed by atoms with Gasteiger partial charge in [-0.2, -0.15) is 5.26 Å². The Morgan fingerprint density at radius 1 is 1.35 bits per heavy atom. The smallest absolute Gasteiger partial charge is 0.0837 e. The molecule has 0 heterocycles. The molecule has 3 heteroatoms. The van der Waals surface area contributed by atoms with Gasteiger partial charge in [-0.15, -0.1) is 0 Å². The van der Waals surface area contributed by atoms with Crippen LogP contribution in [0.25, 0.3) is 0 Å². The molecule has 0 aliphatic heterocycles. The molecule has 0 spiro atoms. The second-order valence-corrected chi connectivity index (χ2v) is 4.06. The quantitative estimate of drug-likeness (QED) is 0.784. The van der Waals surface area contributed by atoms with E-state index in [9.17, 15) is 0 Å². The molecule has 92 valence electrons. The van der Waals surface area contributed by atoms with Crippen molar-refractivity contribution in [2.24, 2.45) is 0 Å². The van der Waals surface area contributed by atoms with Crippen molar-refractivity contribution >= 4 is 0 Å². The molecule has 0 amide bonds. The van der Waals surface area contributed by atoms with Crippen LogP contribution in [0.1, 0.15) is 25.3 Å². The number of rotatable bonds is 7. The Morgan fingerprint density at radius 2 is 2.06 bits per heavy atom. The first-order valence-corrected chi connectivity index (χ1v) is 6.03. The van der Waals surface area contributed by atoms with Gasteiger partial charge in [-0.3, -0.25) is 0 Å². The molecule has 2 unspecified atom stereocenters. The first-order chi connectivity index (χ1) is 8.27. The second kappa shape index (κ2) is 7.83. The number of benzene rings is 1. The topological polar surface area (TPSA) is 45.0 Å². The molecule has 0 saturated carbocycles. The zero-order valence-corrected chi connectivity index (χ0v) is 10.5. The molecule has 1 aromatic carbocycles. The van der Waals surface area contributed by atoms with E-state index in [1.807, 2.05) is 37.3 Å². The SMILES string of the molecule is CCOCC(C)NCC(C#N)c1ccccc1. The monoisotopic (exact) mass is 232 g/mol. The minimum Gasteiger partial charge on any atom is -0.380 e. The van der Waals surface area contributed by atoms with Crippen LogP contribution < -0.4 is 5.32 Å². The van der Waals surface area contributed by atoms with Crippen LogP contribution in [-0.2, 0) is 4.74 Å². The summed E-state index contributed by atoms with van der Waals surface area (Å²) >= 11 is 0. The summed E-state index contributed by atoms with van der Waals surface area (Å²) in [6.45, 7) is 6.12. The van der Waals surface area contributed by atoms with E-state index in [1.165, 1.54) is 0 Å². The van der Waals surface area contributed by atoms with E-state index in [-0.39, 0.29) is 12.0 Å². The maximum absolute atomic E-state index is 9.15. The standard InChI is InChI=1S/C14H20N2O/c1-3-17-11-12(2)16-10-14(9-15)13-7-5-4-6-8-13/h4-8,12,14,16H,3,10-11H2,1-2H3. The fourth-order valence-electron chi connectivity index (χ4n) is 1.60. The lowest BCUT2D eigenvalue weighted by Crippen LogP contribution is -2.33. The Hall–Kier alpha value is -1.37. The average molecular weight is 232 g/mol. The Labute approximate surface area is 103 Å². The Bertz CT molecular complexity index is 345. The summed E-state index contributed by atoms with van der Waals surface area (Å²) in [6, 6.07) is 12.5. The molecule has 1 aromatic rings. The van der Waals surface area contributed by atoms with Crippen LogP contribution in [0.2, 0.25) is 0 Å². The maximum Gasteiger partial charge on any atom is 0.0837 e. The summed E-state index contributed by atoms with van der Waals surface area (Å²) in [4.78, 5) is 0. The van der Waals surface area contributed by atoms with Crippen LogP contribution in [0.3, 0.4) is 0 Å². The van der Waals surface area contributed by atoms with Gasteiger partial charge in [0.25, 0.3) is 0 Å². The van der Waals surface area contributed by atoms with E-state index in [2.05, 4.69) is 18.3 Å². The summed E-state index contributed by atoms with van der Waals surface area (Å²) < 4.78 is 5.32. The molecule has 17 heavy (non-hydrogen) atoms. The summed E-state index contributed by atoms with van der Waals surface area (Å²) in [5.41, 5.74) is 1.06. The van der Waals surface area contributed by atoms with E-state index < -0.39 is 0 Å². The predicted molar refractivity (Wildman–Crippen MR) is 68.8 cm³/mol. The first kappa shape index (κ1) is 13.7. The van der Waals surface area contributed by atoms with E-state index in [0.717, 1.165) is 12.2 Å². The van der Waals surface area contributed by atoms with Crippen LogP contribution in [-0.4, -0.2) is 25.8 Å². The second-order valence-electron chi connectivity index (χ2n) is 4.06. The zero-order chi connectivity index (χ0) is 12.5. The normalized spacial score (nSPS) is 13.9. The summed E-state index contributed by atoms with van der Waals surface area (Å²) in [5.74, 6) is -0.0970. The van der Waals surface area contributed by atoms with Crippen LogP contribution in [0.4, 0.5) is 0 Å². The van der Waals surface area contributed by atoms with Crippen molar-refractivity contribution in [1.82, 2.24) is 5.32 Å². The molecule has 0 aliphatic carbocycles. The van der Waals surface area contributed by atoms with Gasteiger partial charge >= 0.3 is 0 Å². The van der Waals surface area contributed by atoms with Gasteiger partial charge in [-0.1, -0.05) is 30.3 Å². The number of nitriles is 1. The van der Waals surface area contributed by atoms with Gasteiger partial charge in [0.2, 0.25) is 0 Å². The summed E-state index contributed by atoms with van der Waals surface area (Å²) in [6.07, 6.45) is 0. The van der Waals surface area contributed by atoms with Gasteiger partial charge in [0.15, 0.2) is 0 Å². The van der Waals surface area contributed by atoms with Crippen molar-refractivity contribution in [1.29, 1.82) is 5.26 Å². The Kier molecular flexibility index (Phi) is 6.31. The van der Waals surface area contributed by atoms with Gasteiger partial charge < -0.3 is 10.1 Å². The lowest BCUT2D eigenvalue weighted by molar-refractivity contribution is 0.127. The van der Waals surface area contributed by atoms with Gasteiger partial charge in [0.1, 0.15) is 0 Å². The van der Waals surface area contributed by atoms with Crippen LogP contribution in [0.5, 0.6) is 0 Å². The number of ether oxygens (including phenoxy) is 1. The fourth-order valence-corrected chi connectivity index (χ4v) is 1.60. The van der Waals surface area contributed by atoms with Gasteiger partial charge in [0, 0.05) is 19.2 Å². The minimum atomic E-state index is -0.0970. The molecule has 0 radical (unpaired) electrons. The highest BCUT2D eigenvalue weighted by atomic mass is 16.5. The fraction of sp³-hybridized carbons (Fsp3) is 0.500. The first-order valence-electron chi connectivity index (χ1n) is 6.03. The van der Waals surface area contributed by atoms with Crippen molar-refractivity contribution in [3.8, 4) is 6.07 Å². The lowest BCUT2D eigenvalue weighted by Gasteiger charge is -2.16. The molecule has 0 aliphatic rings. The molecule has 1 N–H and O–H groups in total. The number of nitrogens with zero attached hydrogens (tertiary/aromatic N) is 1. The Balaban J connectivity index is 2.41. The van der Waals surface area contributed by atoms with Crippen LogP contribution in [0.15, 0.2) is 30.3 Å². The van der Waals surface area contributed by atoms with Gasteiger partial charge in [0.05, 0.1) is 18.6 Å². The third-order valence-corrected chi connectivity index (χ3v) is 2.60. The highest BCUT2D eigenvalue weighted by Crippen LogP contribution is 2.13. The third kappa shape index (κ3) is 4.99. The molecule has 0 fully saturated rings. The molecule has 0 saturated heterocycles. The number of nitrogens with one attached hydrogen (secondary N) is 1. The van der Waals surface area contributed by atoms with Gasteiger partial charge in [-0.05, 0) is 19.4 Å². The van der Waals surface area contributed by atoms with Crippen LogP contribution >= 0.6 is 0 Å². The molecule has 1 rings (SSSR count). The third-order valence-electron chi connectivity index (χ3n) is 2.60. The molecule has 0 aromatic heterocycles. The molecule has 2 atom stereocenters. The molecular weight excluding hydrogens is 212 g/mol. The molecular formula is C14H20N2O. The van der Waals surface area contributed by atoms with Crippen molar-refractivity contribution < 1.29 is 4.74 Å². The van der Waals surface area contributed by atoms with Crippen molar-refractivity contribution in [3.05, 3.63) is 35.9 Å². The van der Waals surface area contributed by atoms with E-state index in [0.29, 0.717) is 13.2 Å². The van der Waals surface area contributed by atoms with E-state index in [4.69, 9.17) is 10.00 Å². The van der Waals surface area contributed by atoms with E-state index >= 15 is 0 Å². The largest absolute Gasteiger partial charge is 0.380 e. The zero-order valence-electron chi connectivity index (χ0n) is 10.5. The van der Waals surface area contributed by atoms with Crippen molar-refractivity contribution in [3.63, 3.8) is 0 Å². The molecule has 0 bridgehead atoms. The molecule has 3 nitrogen and oxygen atoms in total. The minimum absolute atomic E-state index is 0.0970. The van der Waals surface area contributed by atoms with Gasteiger partial charge in [-0.25, -0.2) is 0 Å². The number of hydrogen-bond donors (Lipinski definition) is 1. The summed E-state index contributed by atoms with van der Waals surface area (Å²) in [7, 11) is 0. The lowest BCUT2D eigenvalue weighted by atomic mass is 10.0. The van der Waals surface area contributed by atoms with Crippen molar-refractivity contribution in [2.75, 3.05) is 19.8 Å². The summed E-state index contributed by atoms with van der Waals surface area (Å²) in [5, 5.41) is 12.5. The maximum atomic E-state index is 9.15. The predicted octanol–water partition coefficient (Wildman–Crippen LogP) is 2.31. The van der Waals surface area contributed by atoms with E-state index in [1.54, 1.807) is 0 Å². The highest BCUT2D eigenvalue weighted by Gasteiger charge is 2.11. The average Bonchev–Trinajstić information content (AvgIpc) is 2.38. The number of hydrogen-bond acceptors (Lipinski definition) is 3. The Morgan fingerprint density at radius 3 is 2.65 bits per heavy atom.